The van der Waals surface area contributed by atoms with Crippen LogP contribution in [0.25, 0.3) is 0 Å². The lowest BCUT2D eigenvalue weighted by molar-refractivity contribution is -0.145. The van der Waals surface area contributed by atoms with E-state index >= 15 is 4.39 Å². The van der Waals surface area contributed by atoms with Crippen LogP contribution in [0.3, 0.4) is 0 Å². The maximum atomic E-state index is 15.8. The first-order chi connectivity index (χ1) is 18.6. The molecule has 2 aromatic rings. The fourth-order valence-electron chi connectivity index (χ4n) is 5.87. The van der Waals surface area contributed by atoms with Gasteiger partial charge in [-0.1, -0.05) is 49.6 Å². The summed E-state index contributed by atoms with van der Waals surface area (Å²) in [6, 6.07) is 14.0. The summed E-state index contributed by atoms with van der Waals surface area (Å²) in [5, 5.41) is 9.99. The maximum absolute atomic E-state index is 15.8. The van der Waals surface area contributed by atoms with Crippen molar-refractivity contribution < 1.29 is 22.3 Å². The molecule has 2 atom stereocenters. The van der Waals surface area contributed by atoms with Gasteiger partial charge in [-0.25, -0.2) is 17.5 Å². The number of hydrogen-bond acceptors (Lipinski definition) is 7. The Kier molecular flexibility index (Phi) is 8.94. The summed E-state index contributed by atoms with van der Waals surface area (Å²) in [7, 11) is 0.910. The number of methoxy groups -OCH3 is 1. The standard InChI is InChI=1S/C29H37FN4O4S/c1-33(2)15-12-24-16-23(21-10-6-4-7-11-21)20-34(24)27-22(19-31)17-25(18-26(27)30)39(36,37)32-28(35)29(38-3)13-8-5-9-14-29/h4,6-7,10-11,17-18,23-24H,5,8-9,12-16,20H2,1-3H3,(H,32,35)/t23-,24-/m1/s1. The van der Waals surface area contributed by atoms with Crippen molar-refractivity contribution in [2.75, 3.05) is 39.2 Å². The Bertz CT molecular complexity index is 1320. The van der Waals surface area contributed by atoms with Crippen molar-refractivity contribution in [1.29, 1.82) is 5.26 Å². The zero-order valence-corrected chi connectivity index (χ0v) is 23.6. The van der Waals surface area contributed by atoms with Crippen molar-refractivity contribution in [2.45, 2.75) is 67.4 Å². The van der Waals surface area contributed by atoms with Crippen LogP contribution in [0, 0.1) is 17.1 Å². The zero-order chi connectivity index (χ0) is 28.2. The smallest absolute Gasteiger partial charge is 0.265 e. The third kappa shape index (κ3) is 6.26. The van der Waals surface area contributed by atoms with E-state index < -0.39 is 32.2 Å². The number of anilines is 1. The lowest BCUT2D eigenvalue weighted by atomic mass is 9.84. The largest absolute Gasteiger partial charge is 0.368 e. The van der Waals surface area contributed by atoms with Gasteiger partial charge >= 0.3 is 0 Å². The van der Waals surface area contributed by atoms with Gasteiger partial charge in [0, 0.05) is 25.6 Å². The van der Waals surface area contributed by atoms with Crippen LogP contribution in [-0.2, 0) is 19.6 Å². The molecular formula is C29H37FN4O4S. The normalized spacial score (nSPS) is 21.1. The molecule has 0 radical (unpaired) electrons. The maximum Gasteiger partial charge on any atom is 0.265 e. The molecule has 1 aliphatic heterocycles. The summed E-state index contributed by atoms with van der Waals surface area (Å²) in [6.07, 6.45) is 4.81. The van der Waals surface area contributed by atoms with E-state index in [9.17, 15) is 18.5 Å². The highest BCUT2D eigenvalue weighted by atomic mass is 32.2. The number of nitrogens with zero attached hydrogens (tertiary/aromatic N) is 3. The van der Waals surface area contributed by atoms with E-state index in [4.69, 9.17) is 4.74 Å². The second kappa shape index (κ2) is 12.0. The first-order valence-electron chi connectivity index (χ1n) is 13.4. The Labute approximate surface area is 230 Å². The Morgan fingerprint density at radius 3 is 2.51 bits per heavy atom. The molecule has 2 aromatic carbocycles. The fourth-order valence-corrected chi connectivity index (χ4v) is 6.94. The van der Waals surface area contributed by atoms with Crippen LogP contribution in [0.5, 0.6) is 0 Å². The van der Waals surface area contributed by atoms with Crippen molar-refractivity contribution in [3.05, 3.63) is 59.4 Å². The number of carbonyl (C=O) groups is 1. The van der Waals surface area contributed by atoms with Crippen molar-refractivity contribution in [3.63, 3.8) is 0 Å². The molecule has 39 heavy (non-hydrogen) atoms. The molecule has 2 fully saturated rings. The van der Waals surface area contributed by atoms with E-state index in [1.165, 1.54) is 7.11 Å². The minimum absolute atomic E-state index is 0.0331. The van der Waals surface area contributed by atoms with E-state index in [2.05, 4.69) is 21.8 Å². The zero-order valence-electron chi connectivity index (χ0n) is 22.8. The second-order valence-corrected chi connectivity index (χ2v) is 12.5. The van der Waals surface area contributed by atoms with Crippen molar-refractivity contribution in [3.8, 4) is 6.07 Å². The van der Waals surface area contributed by atoms with Crippen LogP contribution in [0.15, 0.2) is 47.4 Å². The lowest BCUT2D eigenvalue weighted by Crippen LogP contribution is -2.51. The second-order valence-electron chi connectivity index (χ2n) is 10.8. The molecule has 1 N–H and O–H groups in total. The molecule has 2 aliphatic rings. The molecule has 0 spiro atoms. The Balaban J connectivity index is 1.65. The minimum Gasteiger partial charge on any atom is -0.368 e. The van der Waals surface area contributed by atoms with Gasteiger partial charge in [0.05, 0.1) is 16.1 Å². The topological polar surface area (TPSA) is 103 Å². The van der Waals surface area contributed by atoms with Crippen LogP contribution < -0.4 is 9.62 Å². The molecule has 0 bridgehead atoms. The number of benzene rings is 2. The predicted octanol–water partition coefficient (Wildman–Crippen LogP) is 4.17. The van der Waals surface area contributed by atoms with Gasteiger partial charge in [-0.15, -0.1) is 0 Å². The Morgan fingerprint density at radius 2 is 1.90 bits per heavy atom. The molecular weight excluding hydrogens is 519 g/mol. The Morgan fingerprint density at radius 1 is 1.21 bits per heavy atom. The minimum atomic E-state index is -4.44. The number of nitrogens with one attached hydrogen (secondary N) is 1. The number of sulfonamides is 1. The monoisotopic (exact) mass is 556 g/mol. The first-order valence-corrected chi connectivity index (χ1v) is 14.9. The van der Waals surface area contributed by atoms with E-state index in [-0.39, 0.29) is 23.2 Å². The molecule has 0 aromatic heterocycles. The van der Waals surface area contributed by atoms with Gasteiger partial charge < -0.3 is 14.5 Å². The van der Waals surface area contributed by atoms with Gasteiger partial charge in [0.1, 0.15) is 17.5 Å². The molecule has 10 heteroatoms. The third-order valence-corrected chi connectivity index (χ3v) is 9.35. The molecule has 0 unspecified atom stereocenters. The van der Waals surface area contributed by atoms with Gasteiger partial charge in [0.15, 0.2) is 0 Å². The van der Waals surface area contributed by atoms with Crippen molar-refractivity contribution in [2.24, 2.45) is 0 Å². The van der Waals surface area contributed by atoms with Crippen molar-refractivity contribution in [1.82, 2.24) is 9.62 Å². The quantitative estimate of drug-likeness (QED) is 0.495. The number of halogens is 1. The van der Waals surface area contributed by atoms with Crippen LogP contribution in [0.2, 0.25) is 0 Å². The Hall–Kier alpha value is -3.00. The van der Waals surface area contributed by atoms with E-state index in [1.807, 2.05) is 43.3 Å². The average Bonchev–Trinajstić information content (AvgIpc) is 3.35. The van der Waals surface area contributed by atoms with Crippen LogP contribution in [-0.4, -0.2) is 65.2 Å². The fraction of sp³-hybridized carbons (Fsp3) is 0.517. The summed E-state index contributed by atoms with van der Waals surface area (Å²) in [6.45, 7) is 1.29. The number of amides is 1. The molecule has 8 nitrogen and oxygen atoms in total. The molecule has 4 rings (SSSR count). The predicted molar refractivity (Wildman–Crippen MR) is 147 cm³/mol. The molecule has 1 saturated heterocycles. The molecule has 1 heterocycles. The van der Waals surface area contributed by atoms with Crippen molar-refractivity contribution >= 4 is 21.6 Å². The molecule has 210 valence electrons. The first kappa shape index (κ1) is 29.0. The number of hydrogen-bond donors (Lipinski definition) is 1. The highest BCUT2D eigenvalue weighted by Gasteiger charge is 2.42. The van der Waals surface area contributed by atoms with Gasteiger partial charge in [-0.2, -0.15) is 5.26 Å². The average molecular weight is 557 g/mol. The van der Waals surface area contributed by atoms with Gasteiger partial charge in [-0.05, 0) is 64.0 Å². The van der Waals surface area contributed by atoms with E-state index in [1.54, 1.807) is 0 Å². The highest BCUT2D eigenvalue weighted by Crippen LogP contribution is 2.40. The lowest BCUT2D eigenvalue weighted by Gasteiger charge is -2.34. The number of rotatable bonds is 9. The van der Waals surface area contributed by atoms with Gasteiger partial charge in [0.25, 0.3) is 15.9 Å². The summed E-state index contributed by atoms with van der Waals surface area (Å²) in [5.41, 5.74) is -0.0645. The number of carbonyl (C=O) groups excluding carboxylic acids is 1. The van der Waals surface area contributed by atoms with Gasteiger partial charge in [-0.3, -0.25) is 4.79 Å². The van der Waals surface area contributed by atoms with Gasteiger partial charge in [0.2, 0.25) is 0 Å². The van der Waals surface area contributed by atoms with Crippen LogP contribution in [0.4, 0.5) is 10.1 Å². The molecule has 1 aliphatic carbocycles. The third-order valence-electron chi connectivity index (χ3n) is 8.04. The van der Waals surface area contributed by atoms with Crippen LogP contribution in [0.1, 0.15) is 62.0 Å². The summed E-state index contributed by atoms with van der Waals surface area (Å²) in [5.74, 6) is -1.42. The number of nitriles is 1. The summed E-state index contributed by atoms with van der Waals surface area (Å²) >= 11 is 0. The summed E-state index contributed by atoms with van der Waals surface area (Å²) < 4.78 is 49.7. The molecule has 1 amide bonds. The highest BCUT2D eigenvalue weighted by molar-refractivity contribution is 7.90. The summed E-state index contributed by atoms with van der Waals surface area (Å²) in [4.78, 5) is 16.5. The van der Waals surface area contributed by atoms with E-state index in [0.717, 1.165) is 56.3 Å². The molecule has 1 saturated carbocycles. The van der Waals surface area contributed by atoms with Crippen LogP contribution >= 0.6 is 0 Å². The number of ether oxygens (including phenoxy) is 1. The SMILES string of the molecule is COC1(C(=O)NS(=O)(=O)c2cc(F)c(N3C[C@H](c4ccccc4)C[C@H]3CCN(C)C)c(C#N)c2)CCCCC1. The van der Waals surface area contributed by atoms with E-state index in [0.29, 0.717) is 19.4 Å².